The molecule has 11 rings (SSSR count). The van der Waals surface area contributed by atoms with Crippen molar-refractivity contribution in [2.45, 2.75) is 0 Å². The van der Waals surface area contributed by atoms with Crippen LogP contribution in [0.25, 0.3) is 99.8 Å². The monoisotopic (exact) mass is 663 g/mol. The van der Waals surface area contributed by atoms with Crippen LogP contribution in [-0.2, 0) is 0 Å². The van der Waals surface area contributed by atoms with Gasteiger partial charge in [0.1, 0.15) is 5.82 Å². The van der Waals surface area contributed by atoms with Crippen LogP contribution < -0.4 is 0 Å². The Hall–Kier alpha value is -7.11. The van der Waals surface area contributed by atoms with Crippen LogP contribution in [0.1, 0.15) is 0 Å². The zero-order chi connectivity index (χ0) is 34.2. The van der Waals surface area contributed by atoms with E-state index in [0.29, 0.717) is 5.82 Å². The summed E-state index contributed by atoms with van der Waals surface area (Å²) in [5, 5.41) is 7.34. The number of nitrogens with zero attached hydrogens (tertiary/aromatic N) is 5. The number of pyridine rings is 1. The van der Waals surface area contributed by atoms with Gasteiger partial charge in [0.25, 0.3) is 0 Å². The van der Waals surface area contributed by atoms with Gasteiger partial charge >= 0.3 is 0 Å². The molecule has 52 heavy (non-hydrogen) atoms. The number of para-hydroxylation sites is 1. The van der Waals surface area contributed by atoms with Gasteiger partial charge in [-0.25, -0.2) is 15.0 Å². The minimum absolute atomic E-state index is 0.683. The lowest BCUT2D eigenvalue weighted by atomic mass is 10.00. The summed E-state index contributed by atoms with van der Waals surface area (Å²) in [4.78, 5) is 15.2. The molecule has 0 aliphatic carbocycles. The molecule has 0 aliphatic heterocycles. The molecule has 0 bridgehead atoms. The Bertz CT molecular complexity index is 3050. The van der Waals surface area contributed by atoms with Crippen molar-refractivity contribution in [3.8, 4) is 45.4 Å². The van der Waals surface area contributed by atoms with Crippen LogP contribution in [0.15, 0.2) is 176 Å². The molecule has 0 atom stereocenters. The van der Waals surface area contributed by atoms with Gasteiger partial charge in [0.15, 0.2) is 5.82 Å². The fourth-order valence-electron chi connectivity index (χ4n) is 8.06. The molecule has 0 spiro atoms. The average molecular weight is 664 g/mol. The van der Waals surface area contributed by atoms with Gasteiger partial charge in [0, 0.05) is 50.1 Å². The van der Waals surface area contributed by atoms with Crippen molar-refractivity contribution in [1.29, 1.82) is 0 Å². The second-order valence-corrected chi connectivity index (χ2v) is 13.3. The Morgan fingerprint density at radius 2 is 1.08 bits per heavy atom. The first-order valence-corrected chi connectivity index (χ1v) is 17.5. The third-order valence-electron chi connectivity index (χ3n) is 10.3. The van der Waals surface area contributed by atoms with Crippen LogP contribution in [0.2, 0.25) is 0 Å². The van der Waals surface area contributed by atoms with Crippen LogP contribution in [0, 0.1) is 0 Å². The van der Waals surface area contributed by atoms with Gasteiger partial charge in [-0.2, -0.15) is 0 Å². The lowest BCUT2D eigenvalue weighted by Crippen LogP contribution is -2.01. The van der Waals surface area contributed by atoms with E-state index in [1.165, 1.54) is 32.3 Å². The van der Waals surface area contributed by atoms with Crippen LogP contribution in [0.5, 0.6) is 0 Å². The Kier molecular flexibility index (Phi) is 6.18. The van der Waals surface area contributed by atoms with Crippen molar-refractivity contribution in [2.75, 3.05) is 0 Å². The maximum atomic E-state index is 5.17. The Labute approximate surface area is 299 Å². The van der Waals surface area contributed by atoms with E-state index in [0.717, 1.165) is 61.7 Å². The number of hydrogen-bond acceptors (Lipinski definition) is 3. The summed E-state index contributed by atoms with van der Waals surface area (Å²) in [5.74, 6) is 1.57. The summed E-state index contributed by atoms with van der Waals surface area (Å²) in [6.07, 6.45) is 1.87. The molecule has 4 heterocycles. The standard InChI is InChI=1S/C47H29N5/c1-3-13-30(14-4-1)38-29-39(31-15-5-2-6-16-31)50-47(49-38)34-18-11-19-35(27-34)51-41-22-12-17-32-24-25-33-28-37-36-20-7-8-21-40(36)52(42-23-9-10-26-48-42)45(37)46(51)44(33)43(32)41/h1-29H. The van der Waals surface area contributed by atoms with Crippen molar-refractivity contribution < 1.29 is 0 Å². The number of rotatable bonds is 5. The van der Waals surface area contributed by atoms with Gasteiger partial charge in [0.05, 0.1) is 33.5 Å². The van der Waals surface area contributed by atoms with E-state index >= 15 is 0 Å². The smallest absolute Gasteiger partial charge is 0.160 e. The summed E-state index contributed by atoms with van der Waals surface area (Å²) in [6.45, 7) is 0. The van der Waals surface area contributed by atoms with Crippen LogP contribution in [0.3, 0.4) is 0 Å². The maximum absolute atomic E-state index is 5.17. The molecule has 11 aromatic rings. The van der Waals surface area contributed by atoms with Crippen molar-refractivity contribution in [3.05, 3.63) is 176 Å². The fourth-order valence-corrected chi connectivity index (χ4v) is 8.06. The molecule has 0 saturated carbocycles. The molecule has 0 radical (unpaired) electrons. The van der Waals surface area contributed by atoms with Gasteiger partial charge < -0.3 is 4.57 Å². The summed E-state index contributed by atoms with van der Waals surface area (Å²) in [7, 11) is 0. The number of fused-ring (bicyclic) bond motifs is 4. The van der Waals surface area contributed by atoms with E-state index < -0.39 is 0 Å². The minimum atomic E-state index is 0.683. The first kappa shape index (κ1) is 28.7. The van der Waals surface area contributed by atoms with E-state index in [9.17, 15) is 0 Å². The fraction of sp³-hybridized carbons (Fsp3) is 0. The third-order valence-corrected chi connectivity index (χ3v) is 10.3. The molecular formula is C47H29N5. The second-order valence-electron chi connectivity index (χ2n) is 13.3. The number of aromatic nitrogens is 5. The number of benzene rings is 7. The zero-order valence-corrected chi connectivity index (χ0v) is 28.0. The Balaban J connectivity index is 1.24. The van der Waals surface area contributed by atoms with E-state index in [1.54, 1.807) is 0 Å². The van der Waals surface area contributed by atoms with E-state index in [-0.39, 0.29) is 0 Å². The van der Waals surface area contributed by atoms with E-state index in [4.69, 9.17) is 15.0 Å². The Morgan fingerprint density at radius 3 is 1.85 bits per heavy atom. The molecule has 7 aromatic carbocycles. The predicted octanol–water partition coefficient (Wildman–Crippen LogP) is 11.7. The van der Waals surface area contributed by atoms with Crippen LogP contribution >= 0.6 is 0 Å². The topological polar surface area (TPSA) is 48.5 Å². The van der Waals surface area contributed by atoms with Crippen molar-refractivity contribution in [1.82, 2.24) is 24.1 Å². The van der Waals surface area contributed by atoms with Gasteiger partial charge in [-0.3, -0.25) is 4.57 Å². The van der Waals surface area contributed by atoms with E-state index in [1.807, 2.05) is 24.4 Å². The quantitative estimate of drug-likeness (QED) is 0.172. The normalized spacial score (nSPS) is 11.8. The highest BCUT2D eigenvalue weighted by Gasteiger charge is 2.24. The second kappa shape index (κ2) is 11.2. The lowest BCUT2D eigenvalue weighted by molar-refractivity contribution is 1.08. The van der Waals surface area contributed by atoms with Gasteiger partial charge in [-0.1, -0.05) is 121 Å². The summed E-state index contributed by atoms with van der Waals surface area (Å²) in [5.41, 5.74) is 10.5. The molecule has 0 aliphatic rings. The average Bonchev–Trinajstić information content (AvgIpc) is 3.75. The first-order chi connectivity index (χ1) is 25.8. The van der Waals surface area contributed by atoms with Gasteiger partial charge in [0.2, 0.25) is 0 Å². The molecule has 4 aromatic heterocycles. The van der Waals surface area contributed by atoms with E-state index in [2.05, 4.69) is 161 Å². The third kappa shape index (κ3) is 4.26. The molecule has 0 unspecified atom stereocenters. The SMILES string of the molecule is c1ccc(-c2cc(-c3ccccc3)nc(-c3cccc(-n4c5cccc6ccc7cc8c9ccccc9n(-c9ccccn9)c8c4c7c65)c3)n2)cc1. The van der Waals surface area contributed by atoms with Crippen molar-refractivity contribution >= 4 is 54.4 Å². The van der Waals surface area contributed by atoms with Crippen LogP contribution in [0.4, 0.5) is 0 Å². The summed E-state index contributed by atoms with van der Waals surface area (Å²) < 4.78 is 4.77. The molecule has 5 heteroatoms. The maximum Gasteiger partial charge on any atom is 0.160 e. The van der Waals surface area contributed by atoms with Crippen molar-refractivity contribution in [3.63, 3.8) is 0 Å². The molecule has 0 amide bonds. The Morgan fingerprint density at radius 1 is 0.404 bits per heavy atom. The van der Waals surface area contributed by atoms with Crippen molar-refractivity contribution in [2.24, 2.45) is 0 Å². The highest BCUT2D eigenvalue weighted by Crippen LogP contribution is 2.45. The lowest BCUT2D eigenvalue weighted by Gasteiger charge is -2.14. The number of hydrogen-bond donors (Lipinski definition) is 0. The highest BCUT2D eigenvalue weighted by molar-refractivity contribution is 6.32. The highest BCUT2D eigenvalue weighted by atomic mass is 15.1. The first-order valence-electron chi connectivity index (χ1n) is 17.5. The van der Waals surface area contributed by atoms with Crippen LogP contribution in [-0.4, -0.2) is 24.1 Å². The summed E-state index contributed by atoms with van der Waals surface area (Å²) >= 11 is 0. The molecule has 0 N–H and O–H groups in total. The largest absolute Gasteiger partial charge is 0.307 e. The molecule has 0 fully saturated rings. The minimum Gasteiger partial charge on any atom is -0.307 e. The molecular weight excluding hydrogens is 635 g/mol. The molecule has 5 nitrogen and oxygen atoms in total. The van der Waals surface area contributed by atoms with Gasteiger partial charge in [-0.15, -0.1) is 0 Å². The summed E-state index contributed by atoms with van der Waals surface area (Å²) in [6, 6.07) is 59.8. The molecule has 0 saturated heterocycles. The predicted molar refractivity (Wildman–Crippen MR) is 214 cm³/mol. The van der Waals surface area contributed by atoms with Gasteiger partial charge in [-0.05, 0) is 59.3 Å². The molecule has 242 valence electrons. The zero-order valence-electron chi connectivity index (χ0n) is 28.0.